The number of fused-ring (bicyclic) bond motifs is 3. The molecular formula is C36H47N7O2. The number of ether oxygens (including phenoxy) is 1. The number of carbonyl (C=O) groups excluding carboxylic acids is 1. The Morgan fingerprint density at radius 1 is 1.04 bits per heavy atom. The number of aromatic nitrogens is 2. The fraction of sp³-hybridized carbons (Fsp3) is 0.611. The molecule has 4 atom stereocenters. The van der Waals surface area contributed by atoms with Gasteiger partial charge in [-0.1, -0.05) is 30.3 Å². The number of hydrogen-bond donors (Lipinski definition) is 0. The van der Waals surface area contributed by atoms with Gasteiger partial charge in [0, 0.05) is 48.8 Å². The molecule has 2 aliphatic carbocycles. The van der Waals surface area contributed by atoms with E-state index in [2.05, 4.69) is 59.1 Å². The molecule has 3 saturated heterocycles. The zero-order valence-electron chi connectivity index (χ0n) is 27.0. The van der Waals surface area contributed by atoms with Gasteiger partial charge in [0.1, 0.15) is 12.4 Å². The SMILES string of the molecule is CN1CCCC1/C=C/C(=O)N1CCN(c2nc(OC[C@@H]3CCCN3C)nc3c2CC[C@]2(CCc4ccccc42)C3)C[C@@H]1CC#N. The Balaban J connectivity index is 1.15. The van der Waals surface area contributed by atoms with E-state index in [1.165, 1.54) is 23.1 Å². The molecule has 0 N–H and O–H groups in total. The maximum absolute atomic E-state index is 13.4. The maximum Gasteiger partial charge on any atom is 0.318 e. The Morgan fingerprint density at radius 3 is 2.67 bits per heavy atom. The van der Waals surface area contributed by atoms with Crippen molar-refractivity contribution in [2.45, 2.75) is 87.7 Å². The Kier molecular flexibility index (Phi) is 8.54. The fourth-order valence-corrected chi connectivity index (χ4v) is 8.65. The lowest BCUT2D eigenvalue weighted by molar-refractivity contribution is -0.128. The van der Waals surface area contributed by atoms with Crippen LogP contribution >= 0.6 is 0 Å². The van der Waals surface area contributed by atoms with E-state index >= 15 is 0 Å². The second-order valence-electron chi connectivity index (χ2n) is 14.0. The fourth-order valence-electron chi connectivity index (χ4n) is 8.65. The predicted molar refractivity (Wildman–Crippen MR) is 174 cm³/mol. The summed E-state index contributed by atoms with van der Waals surface area (Å²) in [5.41, 5.74) is 5.41. The van der Waals surface area contributed by atoms with Crippen LogP contribution in [0.2, 0.25) is 0 Å². The molecule has 9 nitrogen and oxygen atoms in total. The topological polar surface area (TPSA) is 88.8 Å². The van der Waals surface area contributed by atoms with Crippen molar-refractivity contribution in [3.8, 4) is 12.1 Å². The molecule has 5 aliphatic rings. The molecule has 238 valence electrons. The van der Waals surface area contributed by atoms with Gasteiger partial charge in [-0.2, -0.15) is 15.2 Å². The first kappa shape index (κ1) is 30.2. The van der Waals surface area contributed by atoms with E-state index in [-0.39, 0.29) is 17.4 Å². The molecule has 7 rings (SSSR count). The van der Waals surface area contributed by atoms with Gasteiger partial charge in [-0.15, -0.1) is 0 Å². The summed E-state index contributed by atoms with van der Waals surface area (Å²) < 4.78 is 6.38. The molecule has 45 heavy (non-hydrogen) atoms. The van der Waals surface area contributed by atoms with Crippen molar-refractivity contribution < 1.29 is 9.53 Å². The average Bonchev–Trinajstić information content (AvgIpc) is 3.77. The van der Waals surface area contributed by atoms with Crippen molar-refractivity contribution >= 4 is 11.7 Å². The number of carbonyl (C=O) groups is 1. The van der Waals surface area contributed by atoms with Crippen LogP contribution in [-0.2, 0) is 29.5 Å². The third-order valence-electron chi connectivity index (χ3n) is 11.4. The van der Waals surface area contributed by atoms with Crippen LogP contribution in [0.15, 0.2) is 36.4 Å². The van der Waals surface area contributed by atoms with Crippen LogP contribution in [0, 0.1) is 11.3 Å². The van der Waals surface area contributed by atoms with E-state index in [4.69, 9.17) is 14.7 Å². The Labute approximate surface area is 267 Å². The number of aryl methyl sites for hydroxylation is 1. The Morgan fingerprint density at radius 2 is 1.87 bits per heavy atom. The van der Waals surface area contributed by atoms with E-state index in [1.807, 2.05) is 11.0 Å². The quantitative estimate of drug-likeness (QED) is 0.437. The summed E-state index contributed by atoms with van der Waals surface area (Å²) in [7, 11) is 4.28. The van der Waals surface area contributed by atoms with Gasteiger partial charge < -0.3 is 19.4 Å². The first-order valence-corrected chi connectivity index (χ1v) is 17.1. The summed E-state index contributed by atoms with van der Waals surface area (Å²) in [4.78, 5) is 32.5. The van der Waals surface area contributed by atoms with E-state index < -0.39 is 0 Å². The molecule has 0 saturated carbocycles. The summed E-state index contributed by atoms with van der Waals surface area (Å²) in [6.45, 7) is 4.58. The highest BCUT2D eigenvalue weighted by molar-refractivity contribution is 5.88. The number of piperazine rings is 1. The van der Waals surface area contributed by atoms with Crippen molar-refractivity contribution in [1.82, 2.24) is 24.7 Å². The lowest BCUT2D eigenvalue weighted by Gasteiger charge is -2.42. The third kappa shape index (κ3) is 5.95. The number of likely N-dealkylation sites (N-methyl/N-ethyl adjacent to an activating group) is 2. The van der Waals surface area contributed by atoms with Gasteiger partial charge in [0.2, 0.25) is 5.91 Å². The standard InChI is InChI=1S/C36H47N7O2/c1-40-19-5-8-27(40)11-12-33(44)43-22-21-42(24-28(43)15-18-37)34-30-14-17-36(16-13-26-7-3-4-10-31(26)36)23-32(30)38-35(39-34)45-25-29-9-6-20-41(29)2/h3-4,7,10-12,27-29H,5-6,8-9,13-17,19-25H2,1-2H3/b12-11+/t27?,28-,29-,36+/m0/s1. The van der Waals surface area contributed by atoms with Crippen molar-refractivity contribution in [1.29, 1.82) is 5.26 Å². The number of anilines is 1. The van der Waals surface area contributed by atoms with Crippen molar-refractivity contribution in [3.05, 3.63) is 58.8 Å². The van der Waals surface area contributed by atoms with E-state index in [0.717, 1.165) is 76.0 Å². The van der Waals surface area contributed by atoms with Gasteiger partial charge in [-0.25, -0.2) is 0 Å². The number of rotatable bonds is 7. The Bertz CT molecular complexity index is 1490. The van der Waals surface area contributed by atoms with Crippen molar-refractivity contribution in [2.24, 2.45) is 0 Å². The Hall–Kier alpha value is -3.48. The summed E-state index contributed by atoms with van der Waals surface area (Å²) in [6, 6.07) is 12.3. The number of nitriles is 1. The van der Waals surface area contributed by atoms with Gasteiger partial charge in [-0.3, -0.25) is 9.69 Å². The summed E-state index contributed by atoms with van der Waals surface area (Å²) in [6.07, 6.45) is 13.8. The van der Waals surface area contributed by atoms with Gasteiger partial charge >= 0.3 is 6.01 Å². The van der Waals surface area contributed by atoms with Crippen LogP contribution in [-0.4, -0.2) is 102 Å². The molecule has 4 heterocycles. The largest absolute Gasteiger partial charge is 0.462 e. The molecule has 1 unspecified atom stereocenters. The molecule has 0 radical (unpaired) electrons. The van der Waals surface area contributed by atoms with Crippen molar-refractivity contribution in [2.75, 3.05) is 58.3 Å². The zero-order valence-corrected chi connectivity index (χ0v) is 27.0. The van der Waals surface area contributed by atoms with E-state index in [9.17, 15) is 10.1 Å². The normalized spacial score (nSPS) is 28.5. The highest BCUT2D eigenvalue weighted by Gasteiger charge is 2.43. The third-order valence-corrected chi connectivity index (χ3v) is 11.4. The average molecular weight is 610 g/mol. The molecule has 9 heteroatoms. The lowest BCUT2D eigenvalue weighted by Crippen LogP contribution is -2.55. The van der Waals surface area contributed by atoms with Gasteiger partial charge in [0.25, 0.3) is 0 Å². The monoisotopic (exact) mass is 609 g/mol. The molecule has 1 aromatic heterocycles. The van der Waals surface area contributed by atoms with Crippen LogP contribution < -0.4 is 9.64 Å². The minimum atomic E-state index is -0.194. The molecule has 2 aromatic rings. The smallest absolute Gasteiger partial charge is 0.318 e. The lowest BCUT2D eigenvalue weighted by atomic mass is 9.69. The molecular weight excluding hydrogens is 562 g/mol. The summed E-state index contributed by atoms with van der Waals surface area (Å²) >= 11 is 0. The van der Waals surface area contributed by atoms with Gasteiger partial charge in [0.05, 0.1) is 24.2 Å². The second kappa shape index (κ2) is 12.7. The molecule has 1 amide bonds. The van der Waals surface area contributed by atoms with E-state index in [0.29, 0.717) is 50.8 Å². The second-order valence-corrected chi connectivity index (χ2v) is 14.0. The molecule has 1 spiro atoms. The number of benzene rings is 1. The predicted octanol–water partition coefficient (Wildman–Crippen LogP) is 3.90. The van der Waals surface area contributed by atoms with Crippen molar-refractivity contribution in [3.63, 3.8) is 0 Å². The highest BCUT2D eigenvalue weighted by Crippen LogP contribution is 2.48. The minimum absolute atomic E-state index is 0.00598. The van der Waals surface area contributed by atoms with Gasteiger partial charge in [0.15, 0.2) is 0 Å². The zero-order chi connectivity index (χ0) is 31.0. The van der Waals surface area contributed by atoms with E-state index in [1.54, 1.807) is 6.08 Å². The van der Waals surface area contributed by atoms with Crippen LogP contribution in [0.4, 0.5) is 5.82 Å². The number of likely N-dealkylation sites (tertiary alicyclic amines) is 2. The highest BCUT2D eigenvalue weighted by atomic mass is 16.5. The molecule has 3 fully saturated rings. The number of amides is 1. The first-order chi connectivity index (χ1) is 21.9. The first-order valence-electron chi connectivity index (χ1n) is 17.1. The molecule has 3 aliphatic heterocycles. The van der Waals surface area contributed by atoms with Crippen LogP contribution in [0.25, 0.3) is 0 Å². The van der Waals surface area contributed by atoms with Crippen LogP contribution in [0.5, 0.6) is 6.01 Å². The molecule has 0 bridgehead atoms. The molecule has 1 aromatic carbocycles. The van der Waals surface area contributed by atoms with Crippen LogP contribution in [0.3, 0.4) is 0 Å². The maximum atomic E-state index is 13.4. The summed E-state index contributed by atoms with van der Waals surface area (Å²) in [5, 5.41) is 9.76. The number of hydrogen-bond acceptors (Lipinski definition) is 8. The number of nitrogens with zero attached hydrogens (tertiary/aromatic N) is 7. The summed E-state index contributed by atoms with van der Waals surface area (Å²) in [5.74, 6) is 0.945. The minimum Gasteiger partial charge on any atom is -0.462 e. The van der Waals surface area contributed by atoms with Crippen LogP contribution in [0.1, 0.15) is 67.3 Å². The van der Waals surface area contributed by atoms with Gasteiger partial charge in [-0.05, 0) is 96.1 Å².